The normalized spacial score (nSPS) is 10.2. The minimum atomic E-state index is -0.203. The summed E-state index contributed by atoms with van der Waals surface area (Å²) in [6, 6.07) is 7.47. The van der Waals surface area contributed by atoms with Gasteiger partial charge in [-0.25, -0.2) is 0 Å². The minimum absolute atomic E-state index is 0.203. The summed E-state index contributed by atoms with van der Waals surface area (Å²) in [6.45, 7) is 3.60. The van der Waals surface area contributed by atoms with Gasteiger partial charge in [0.25, 0.3) is 5.91 Å². The first-order valence-electron chi connectivity index (χ1n) is 5.97. The Kier molecular flexibility index (Phi) is 4.34. The lowest BCUT2D eigenvalue weighted by atomic mass is 10.2. The lowest BCUT2D eigenvalue weighted by Gasteiger charge is -2.11. The zero-order valence-corrected chi connectivity index (χ0v) is 13.0. The first kappa shape index (κ1) is 14.5. The summed E-state index contributed by atoms with van der Waals surface area (Å²) < 4.78 is 5.85. The van der Waals surface area contributed by atoms with Crippen LogP contribution in [0.4, 0.5) is 5.69 Å². The molecule has 0 radical (unpaired) electrons. The number of hydrogen-bond acceptors (Lipinski definition) is 4. The van der Waals surface area contributed by atoms with E-state index in [1.807, 2.05) is 12.1 Å². The number of nitrogens with zero attached hydrogens (tertiary/aromatic N) is 2. The van der Waals surface area contributed by atoms with Crippen LogP contribution in [0.1, 0.15) is 21.7 Å². The molecular formula is C14H14BrN3O2. The monoisotopic (exact) mass is 335 g/mol. The van der Waals surface area contributed by atoms with Crippen molar-refractivity contribution < 1.29 is 9.53 Å². The van der Waals surface area contributed by atoms with Gasteiger partial charge in [0.1, 0.15) is 0 Å². The van der Waals surface area contributed by atoms with E-state index in [9.17, 15) is 4.79 Å². The number of nitrogens with one attached hydrogen (secondary N) is 1. The van der Waals surface area contributed by atoms with Crippen molar-refractivity contribution in [2.24, 2.45) is 0 Å². The number of amides is 1. The maximum absolute atomic E-state index is 12.2. The van der Waals surface area contributed by atoms with Crippen LogP contribution in [0.3, 0.4) is 0 Å². The SMILES string of the molecule is COc1nc(C)c(NC(=O)c2cccc(Br)c2)c(C)n1. The lowest BCUT2D eigenvalue weighted by Crippen LogP contribution is -2.15. The molecule has 6 heteroatoms. The molecular weight excluding hydrogens is 322 g/mol. The Bertz CT molecular complexity index is 636. The Morgan fingerprint density at radius 2 is 1.90 bits per heavy atom. The topological polar surface area (TPSA) is 64.1 Å². The molecule has 5 nitrogen and oxygen atoms in total. The zero-order valence-electron chi connectivity index (χ0n) is 11.4. The molecule has 2 rings (SSSR count). The van der Waals surface area contributed by atoms with Crippen LogP contribution in [-0.4, -0.2) is 23.0 Å². The van der Waals surface area contributed by atoms with Gasteiger partial charge in [0.15, 0.2) is 0 Å². The molecule has 20 heavy (non-hydrogen) atoms. The van der Waals surface area contributed by atoms with E-state index in [0.717, 1.165) is 4.47 Å². The number of benzene rings is 1. The van der Waals surface area contributed by atoms with Crippen molar-refractivity contribution in [2.75, 3.05) is 12.4 Å². The van der Waals surface area contributed by atoms with Gasteiger partial charge in [-0.3, -0.25) is 4.79 Å². The molecule has 1 aromatic heterocycles. The molecule has 0 aliphatic carbocycles. The summed E-state index contributed by atoms with van der Waals surface area (Å²) >= 11 is 3.34. The number of aromatic nitrogens is 2. The number of ether oxygens (including phenoxy) is 1. The van der Waals surface area contributed by atoms with Gasteiger partial charge >= 0.3 is 6.01 Å². The molecule has 0 aliphatic rings. The number of hydrogen-bond donors (Lipinski definition) is 1. The lowest BCUT2D eigenvalue weighted by molar-refractivity contribution is 0.102. The van der Waals surface area contributed by atoms with Crippen molar-refractivity contribution in [3.05, 3.63) is 45.7 Å². The third-order valence-electron chi connectivity index (χ3n) is 2.76. The molecule has 0 saturated carbocycles. The van der Waals surface area contributed by atoms with E-state index < -0.39 is 0 Å². The van der Waals surface area contributed by atoms with E-state index in [2.05, 4.69) is 31.2 Å². The Labute approximate surface area is 125 Å². The van der Waals surface area contributed by atoms with E-state index in [4.69, 9.17) is 4.74 Å². The molecule has 104 valence electrons. The summed E-state index contributed by atoms with van der Waals surface area (Å²) in [5.74, 6) is -0.203. The maximum Gasteiger partial charge on any atom is 0.316 e. The maximum atomic E-state index is 12.2. The highest BCUT2D eigenvalue weighted by atomic mass is 79.9. The molecule has 1 N–H and O–H groups in total. The van der Waals surface area contributed by atoms with Crippen molar-refractivity contribution in [2.45, 2.75) is 13.8 Å². The van der Waals surface area contributed by atoms with Crippen LogP contribution in [0.25, 0.3) is 0 Å². The fraction of sp³-hybridized carbons (Fsp3) is 0.214. The van der Waals surface area contributed by atoms with Crippen LogP contribution in [0.2, 0.25) is 0 Å². The van der Waals surface area contributed by atoms with Crippen LogP contribution >= 0.6 is 15.9 Å². The second-order valence-electron chi connectivity index (χ2n) is 4.22. The number of carbonyl (C=O) groups is 1. The number of aryl methyl sites for hydroxylation is 2. The van der Waals surface area contributed by atoms with Crippen molar-refractivity contribution in [3.8, 4) is 6.01 Å². The van der Waals surface area contributed by atoms with E-state index in [0.29, 0.717) is 28.6 Å². The summed E-state index contributed by atoms with van der Waals surface area (Å²) in [7, 11) is 1.51. The van der Waals surface area contributed by atoms with Gasteiger partial charge in [-0.2, -0.15) is 9.97 Å². The highest BCUT2D eigenvalue weighted by molar-refractivity contribution is 9.10. The second-order valence-corrected chi connectivity index (χ2v) is 5.14. The molecule has 0 saturated heterocycles. The average Bonchev–Trinajstić information content (AvgIpc) is 2.42. The Hall–Kier alpha value is -1.95. The Morgan fingerprint density at radius 1 is 1.25 bits per heavy atom. The third-order valence-corrected chi connectivity index (χ3v) is 3.25. The quantitative estimate of drug-likeness (QED) is 0.935. The molecule has 2 aromatic rings. The first-order valence-corrected chi connectivity index (χ1v) is 6.76. The van der Waals surface area contributed by atoms with Crippen molar-refractivity contribution >= 4 is 27.5 Å². The molecule has 0 bridgehead atoms. The smallest absolute Gasteiger partial charge is 0.316 e. The standard InChI is InChI=1S/C14H14BrN3O2/c1-8-12(9(2)17-14(16-8)20-3)18-13(19)10-5-4-6-11(15)7-10/h4-7H,1-3H3,(H,18,19). The predicted octanol–water partition coefficient (Wildman–Crippen LogP) is 3.12. The number of rotatable bonds is 3. The van der Waals surface area contributed by atoms with Gasteiger partial charge in [0.2, 0.25) is 0 Å². The van der Waals surface area contributed by atoms with E-state index in [-0.39, 0.29) is 5.91 Å². The highest BCUT2D eigenvalue weighted by Gasteiger charge is 2.13. The van der Waals surface area contributed by atoms with Gasteiger partial charge in [0, 0.05) is 10.0 Å². The molecule has 1 amide bonds. The van der Waals surface area contributed by atoms with Crippen molar-refractivity contribution in [1.82, 2.24) is 9.97 Å². The number of halogens is 1. The summed E-state index contributed by atoms with van der Waals surface area (Å²) in [5, 5.41) is 2.83. The second kappa shape index (κ2) is 6.00. The molecule has 0 unspecified atom stereocenters. The third kappa shape index (κ3) is 3.14. The van der Waals surface area contributed by atoms with Gasteiger partial charge in [-0.05, 0) is 32.0 Å². The average molecular weight is 336 g/mol. The number of anilines is 1. The number of carbonyl (C=O) groups excluding carboxylic acids is 1. The Balaban J connectivity index is 2.28. The van der Waals surface area contributed by atoms with Gasteiger partial charge < -0.3 is 10.1 Å². The molecule has 0 spiro atoms. The van der Waals surface area contributed by atoms with Crippen LogP contribution in [-0.2, 0) is 0 Å². The highest BCUT2D eigenvalue weighted by Crippen LogP contribution is 2.21. The summed E-state index contributed by atoms with van der Waals surface area (Å²) in [5.41, 5.74) is 2.50. The van der Waals surface area contributed by atoms with Gasteiger partial charge in [-0.1, -0.05) is 22.0 Å². The van der Waals surface area contributed by atoms with Crippen LogP contribution in [0.15, 0.2) is 28.7 Å². The molecule has 1 aromatic carbocycles. The largest absolute Gasteiger partial charge is 0.467 e. The van der Waals surface area contributed by atoms with Gasteiger partial charge in [-0.15, -0.1) is 0 Å². The summed E-state index contributed by atoms with van der Waals surface area (Å²) in [4.78, 5) is 20.5. The fourth-order valence-electron chi connectivity index (χ4n) is 1.77. The Morgan fingerprint density at radius 3 is 2.45 bits per heavy atom. The van der Waals surface area contributed by atoms with E-state index >= 15 is 0 Å². The minimum Gasteiger partial charge on any atom is -0.467 e. The van der Waals surface area contributed by atoms with Crippen LogP contribution < -0.4 is 10.1 Å². The van der Waals surface area contributed by atoms with Crippen molar-refractivity contribution in [1.29, 1.82) is 0 Å². The molecule has 0 fully saturated rings. The predicted molar refractivity (Wildman–Crippen MR) is 80.2 cm³/mol. The first-order chi connectivity index (χ1) is 9.51. The molecule has 1 heterocycles. The van der Waals surface area contributed by atoms with E-state index in [1.165, 1.54) is 7.11 Å². The number of methoxy groups -OCH3 is 1. The fourth-order valence-corrected chi connectivity index (χ4v) is 2.17. The van der Waals surface area contributed by atoms with Crippen molar-refractivity contribution in [3.63, 3.8) is 0 Å². The molecule has 0 atom stereocenters. The van der Waals surface area contributed by atoms with Crippen LogP contribution in [0.5, 0.6) is 6.01 Å². The van der Waals surface area contributed by atoms with Crippen LogP contribution in [0, 0.1) is 13.8 Å². The zero-order chi connectivity index (χ0) is 14.7. The van der Waals surface area contributed by atoms with E-state index in [1.54, 1.807) is 26.0 Å². The van der Waals surface area contributed by atoms with Gasteiger partial charge in [0.05, 0.1) is 24.2 Å². The summed E-state index contributed by atoms with van der Waals surface area (Å²) in [6.07, 6.45) is 0. The molecule has 0 aliphatic heterocycles.